The highest BCUT2D eigenvalue weighted by atomic mass is 35.5. The van der Waals surface area contributed by atoms with Crippen molar-refractivity contribution in [3.05, 3.63) is 70.2 Å². The van der Waals surface area contributed by atoms with Crippen LogP contribution in [0, 0.1) is 0 Å². The van der Waals surface area contributed by atoms with E-state index in [9.17, 15) is 9.59 Å². The maximum atomic E-state index is 12.1. The zero-order chi connectivity index (χ0) is 16.8. The number of ether oxygens (including phenoxy) is 1. The predicted octanol–water partition coefficient (Wildman–Crippen LogP) is 4.73. The summed E-state index contributed by atoms with van der Waals surface area (Å²) in [7, 11) is 0. The van der Waals surface area contributed by atoms with Crippen molar-refractivity contribution < 1.29 is 14.3 Å². The highest BCUT2D eigenvalue weighted by molar-refractivity contribution is 6.34. The number of hydrogen-bond donors (Lipinski definition) is 1. The van der Waals surface area contributed by atoms with Gasteiger partial charge in [-0.3, -0.25) is 4.79 Å². The maximum absolute atomic E-state index is 12.1. The first kappa shape index (κ1) is 17.1. The SMILES string of the molecule is C/C=C/C(=O)Nc1ccc(C(=O)Oc2cc(Cl)cc(Cl)c2)cc1. The normalized spacial score (nSPS) is 10.6. The molecule has 0 saturated carbocycles. The van der Waals surface area contributed by atoms with E-state index in [2.05, 4.69) is 5.32 Å². The minimum atomic E-state index is -0.547. The van der Waals surface area contributed by atoms with Gasteiger partial charge in [-0.1, -0.05) is 29.3 Å². The van der Waals surface area contributed by atoms with Crippen molar-refractivity contribution in [1.82, 2.24) is 0 Å². The van der Waals surface area contributed by atoms with E-state index in [1.165, 1.54) is 18.2 Å². The van der Waals surface area contributed by atoms with E-state index in [0.717, 1.165) is 0 Å². The zero-order valence-electron chi connectivity index (χ0n) is 12.2. The molecule has 2 aromatic rings. The molecule has 0 atom stereocenters. The Balaban J connectivity index is 2.06. The second-order valence-electron chi connectivity index (χ2n) is 4.56. The number of halogens is 2. The lowest BCUT2D eigenvalue weighted by Crippen LogP contribution is -2.10. The molecule has 1 N–H and O–H groups in total. The Morgan fingerprint density at radius 3 is 2.22 bits per heavy atom. The van der Waals surface area contributed by atoms with Crippen molar-refractivity contribution in [3.8, 4) is 5.75 Å². The monoisotopic (exact) mass is 349 g/mol. The summed E-state index contributed by atoms with van der Waals surface area (Å²) in [6.07, 6.45) is 3.04. The van der Waals surface area contributed by atoms with Crippen LogP contribution >= 0.6 is 23.2 Å². The number of esters is 1. The minimum Gasteiger partial charge on any atom is -0.423 e. The van der Waals surface area contributed by atoms with Gasteiger partial charge in [-0.25, -0.2) is 4.79 Å². The molecule has 118 valence electrons. The second kappa shape index (κ2) is 7.81. The summed E-state index contributed by atoms with van der Waals surface area (Å²) < 4.78 is 5.22. The van der Waals surface area contributed by atoms with E-state index in [1.807, 2.05) is 0 Å². The summed E-state index contributed by atoms with van der Waals surface area (Å²) in [5.74, 6) is -0.524. The van der Waals surface area contributed by atoms with E-state index in [0.29, 0.717) is 21.3 Å². The molecule has 0 radical (unpaired) electrons. The van der Waals surface area contributed by atoms with Crippen LogP contribution in [0.15, 0.2) is 54.6 Å². The van der Waals surface area contributed by atoms with Gasteiger partial charge in [0, 0.05) is 15.7 Å². The summed E-state index contributed by atoms with van der Waals surface area (Å²) in [6.45, 7) is 1.75. The Bertz CT molecular complexity index is 735. The standard InChI is InChI=1S/C17H13Cl2NO3/c1-2-3-16(21)20-14-6-4-11(5-7-14)17(22)23-15-9-12(18)8-13(19)10-15/h2-10H,1H3,(H,20,21)/b3-2+. The fraction of sp³-hybridized carbons (Fsp3) is 0.0588. The number of carbonyl (C=O) groups excluding carboxylic acids is 2. The number of carbonyl (C=O) groups is 2. The van der Waals surface area contributed by atoms with Gasteiger partial charge in [-0.2, -0.15) is 0 Å². The lowest BCUT2D eigenvalue weighted by molar-refractivity contribution is -0.111. The van der Waals surface area contributed by atoms with Gasteiger partial charge in [0.1, 0.15) is 5.75 Å². The van der Waals surface area contributed by atoms with Gasteiger partial charge in [0.25, 0.3) is 0 Å². The third-order valence-electron chi connectivity index (χ3n) is 2.75. The molecule has 1 amide bonds. The summed E-state index contributed by atoms with van der Waals surface area (Å²) in [5.41, 5.74) is 0.917. The highest BCUT2D eigenvalue weighted by Crippen LogP contribution is 2.25. The van der Waals surface area contributed by atoms with Crippen LogP contribution in [0.3, 0.4) is 0 Å². The van der Waals surface area contributed by atoms with Crippen molar-refractivity contribution in [2.45, 2.75) is 6.92 Å². The molecule has 4 nitrogen and oxygen atoms in total. The molecule has 0 fully saturated rings. The molecule has 0 aliphatic heterocycles. The number of amides is 1. The van der Waals surface area contributed by atoms with Crippen molar-refractivity contribution in [2.24, 2.45) is 0 Å². The summed E-state index contributed by atoms with van der Waals surface area (Å²) in [4.78, 5) is 23.5. The lowest BCUT2D eigenvalue weighted by Gasteiger charge is -2.07. The highest BCUT2D eigenvalue weighted by Gasteiger charge is 2.10. The quantitative estimate of drug-likeness (QED) is 0.493. The third-order valence-corrected chi connectivity index (χ3v) is 3.19. The van der Waals surface area contributed by atoms with Crippen LogP contribution in [0.5, 0.6) is 5.75 Å². The van der Waals surface area contributed by atoms with Gasteiger partial charge in [0.15, 0.2) is 0 Å². The van der Waals surface area contributed by atoms with Crippen LogP contribution in [0.4, 0.5) is 5.69 Å². The van der Waals surface area contributed by atoms with Crippen molar-refractivity contribution in [2.75, 3.05) is 5.32 Å². The fourth-order valence-corrected chi connectivity index (χ4v) is 2.28. The summed E-state index contributed by atoms with van der Waals surface area (Å²) in [6, 6.07) is 10.9. The molecule has 2 rings (SSSR count). The first-order chi connectivity index (χ1) is 11.0. The first-order valence-corrected chi connectivity index (χ1v) is 7.45. The zero-order valence-corrected chi connectivity index (χ0v) is 13.7. The molecule has 0 aliphatic carbocycles. The number of benzene rings is 2. The molecular formula is C17H13Cl2NO3. The molecule has 0 saturated heterocycles. The molecule has 0 bridgehead atoms. The number of nitrogens with one attached hydrogen (secondary N) is 1. The molecular weight excluding hydrogens is 337 g/mol. The van der Waals surface area contributed by atoms with Crippen molar-refractivity contribution in [1.29, 1.82) is 0 Å². The Morgan fingerprint density at radius 1 is 1.04 bits per heavy atom. The molecule has 0 heterocycles. The van der Waals surface area contributed by atoms with Crippen LogP contribution in [0.1, 0.15) is 17.3 Å². The average molecular weight is 350 g/mol. The molecule has 0 aromatic heterocycles. The van der Waals surface area contributed by atoms with Crippen LogP contribution in [0.2, 0.25) is 10.0 Å². The Morgan fingerprint density at radius 2 is 1.65 bits per heavy atom. The van der Waals surface area contributed by atoms with Crippen LogP contribution < -0.4 is 10.1 Å². The van der Waals surface area contributed by atoms with Crippen LogP contribution in [-0.4, -0.2) is 11.9 Å². The fourth-order valence-electron chi connectivity index (χ4n) is 1.78. The molecule has 23 heavy (non-hydrogen) atoms. The molecule has 6 heteroatoms. The summed E-state index contributed by atoms with van der Waals surface area (Å²) in [5, 5.41) is 3.42. The van der Waals surface area contributed by atoms with E-state index < -0.39 is 5.97 Å². The number of anilines is 1. The van der Waals surface area contributed by atoms with E-state index in [4.69, 9.17) is 27.9 Å². The molecule has 2 aromatic carbocycles. The Hall–Kier alpha value is -2.30. The first-order valence-electron chi connectivity index (χ1n) is 6.70. The summed E-state index contributed by atoms with van der Waals surface area (Å²) >= 11 is 11.7. The van der Waals surface area contributed by atoms with E-state index in [1.54, 1.807) is 43.3 Å². The van der Waals surface area contributed by atoms with Crippen LogP contribution in [0.25, 0.3) is 0 Å². The van der Waals surface area contributed by atoms with Gasteiger partial charge in [-0.05, 0) is 55.5 Å². The lowest BCUT2D eigenvalue weighted by atomic mass is 10.2. The molecule has 0 spiro atoms. The molecule has 0 aliphatic rings. The van der Waals surface area contributed by atoms with E-state index in [-0.39, 0.29) is 11.7 Å². The smallest absolute Gasteiger partial charge is 0.343 e. The van der Waals surface area contributed by atoms with Crippen molar-refractivity contribution in [3.63, 3.8) is 0 Å². The third kappa shape index (κ3) is 5.13. The van der Waals surface area contributed by atoms with Gasteiger partial charge < -0.3 is 10.1 Å². The largest absolute Gasteiger partial charge is 0.423 e. The number of rotatable bonds is 4. The average Bonchev–Trinajstić information content (AvgIpc) is 2.47. The van der Waals surface area contributed by atoms with E-state index >= 15 is 0 Å². The predicted molar refractivity (Wildman–Crippen MR) is 91.3 cm³/mol. The van der Waals surface area contributed by atoms with Gasteiger partial charge in [0.05, 0.1) is 5.56 Å². The number of allylic oxidation sites excluding steroid dienone is 1. The Kier molecular flexibility index (Phi) is 5.79. The van der Waals surface area contributed by atoms with Crippen LogP contribution in [-0.2, 0) is 4.79 Å². The molecule has 0 unspecified atom stereocenters. The van der Waals surface area contributed by atoms with Crippen molar-refractivity contribution >= 4 is 40.8 Å². The topological polar surface area (TPSA) is 55.4 Å². The van der Waals surface area contributed by atoms with Gasteiger partial charge in [-0.15, -0.1) is 0 Å². The van der Waals surface area contributed by atoms with Gasteiger partial charge >= 0.3 is 5.97 Å². The maximum Gasteiger partial charge on any atom is 0.343 e. The minimum absolute atomic E-state index is 0.239. The van der Waals surface area contributed by atoms with Gasteiger partial charge in [0.2, 0.25) is 5.91 Å². The Labute approximate surface area is 143 Å². The number of hydrogen-bond acceptors (Lipinski definition) is 3. The second-order valence-corrected chi connectivity index (χ2v) is 5.43.